The minimum atomic E-state index is 0.0595. The van der Waals surface area contributed by atoms with Crippen LogP contribution < -0.4 is 5.32 Å². The maximum atomic E-state index is 11.3. The van der Waals surface area contributed by atoms with E-state index in [-0.39, 0.29) is 11.4 Å². The topological polar surface area (TPSA) is 32.3 Å². The van der Waals surface area contributed by atoms with Crippen LogP contribution in [0.3, 0.4) is 0 Å². The highest BCUT2D eigenvalue weighted by Crippen LogP contribution is 2.13. The Hall–Kier alpha value is -0.830. The third kappa shape index (κ3) is 4.04. The molecule has 3 heteroatoms. The lowest BCUT2D eigenvalue weighted by molar-refractivity contribution is -0.127. The van der Waals surface area contributed by atoms with E-state index < -0.39 is 0 Å². The van der Waals surface area contributed by atoms with Crippen molar-refractivity contribution < 1.29 is 4.79 Å². The molecule has 0 saturated carbocycles. The molecule has 0 radical (unpaired) electrons. The first-order valence-electron chi connectivity index (χ1n) is 5.61. The van der Waals surface area contributed by atoms with Gasteiger partial charge in [0.05, 0.1) is 0 Å². The van der Waals surface area contributed by atoms with Crippen LogP contribution in [0.15, 0.2) is 12.7 Å². The van der Waals surface area contributed by atoms with E-state index in [1.807, 2.05) is 4.90 Å². The summed E-state index contributed by atoms with van der Waals surface area (Å²) in [5.41, 5.74) is 0.162. The Bertz CT molecular complexity index is 234. The highest BCUT2D eigenvalue weighted by atomic mass is 16.2. The molecule has 1 saturated heterocycles. The van der Waals surface area contributed by atoms with Gasteiger partial charge < -0.3 is 10.2 Å². The minimum absolute atomic E-state index is 0.0595. The maximum Gasteiger partial charge on any atom is 0.245 e. The number of amides is 1. The molecule has 0 aromatic rings. The van der Waals surface area contributed by atoms with Gasteiger partial charge in [0.25, 0.3) is 0 Å². The van der Waals surface area contributed by atoms with E-state index in [0.29, 0.717) is 6.04 Å². The Labute approximate surface area is 92.5 Å². The van der Waals surface area contributed by atoms with Gasteiger partial charge in [0.1, 0.15) is 0 Å². The Morgan fingerprint density at radius 1 is 1.40 bits per heavy atom. The second-order valence-corrected chi connectivity index (χ2v) is 5.20. The summed E-state index contributed by atoms with van der Waals surface area (Å²) in [6, 6.07) is 0.541. The number of piperidine rings is 1. The quantitative estimate of drug-likeness (QED) is 0.701. The molecule has 0 unspecified atom stereocenters. The maximum absolute atomic E-state index is 11.3. The summed E-state index contributed by atoms with van der Waals surface area (Å²) in [5.74, 6) is 0.0595. The number of nitrogens with zero attached hydrogens (tertiary/aromatic N) is 1. The minimum Gasteiger partial charge on any atom is -0.339 e. The van der Waals surface area contributed by atoms with Gasteiger partial charge in [-0.1, -0.05) is 6.58 Å². The molecular weight excluding hydrogens is 188 g/mol. The number of hydrogen-bond donors (Lipinski definition) is 1. The summed E-state index contributed by atoms with van der Waals surface area (Å²) >= 11 is 0. The molecule has 1 fully saturated rings. The van der Waals surface area contributed by atoms with E-state index in [1.165, 1.54) is 6.08 Å². The van der Waals surface area contributed by atoms with Gasteiger partial charge in [-0.25, -0.2) is 0 Å². The zero-order valence-corrected chi connectivity index (χ0v) is 10.0. The molecule has 0 aliphatic carbocycles. The summed E-state index contributed by atoms with van der Waals surface area (Å²) < 4.78 is 0. The first-order chi connectivity index (χ1) is 6.92. The van der Waals surface area contributed by atoms with Crippen LogP contribution in [0.5, 0.6) is 0 Å². The average molecular weight is 210 g/mol. The molecule has 1 amide bonds. The van der Waals surface area contributed by atoms with E-state index in [0.717, 1.165) is 25.9 Å². The standard InChI is InChI=1S/C12H22N2O/c1-5-11(15)14-8-6-10(7-9-14)13-12(2,3)4/h5,10,13H,1,6-9H2,2-4H3. The molecule has 1 heterocycles. The summed E-state index contributed by atoms with van der Waals surface area (Å²) in [6.07, 6.45) is 3.48. The molecule has 86 valence electrons. The third-order valence-electron chi connectivity index (χ3n) is 2.62. The van der Waals surface area contributed by atoms with Crippen LogP contribution >= 0.6 is 0 Å². The van der Waals surface area contributed by atoms with Crippen molar-refractivity contribution in [1.82, 2.24) is 10.2 Å². The molecule has 0 atom stereocenters. The van der Waals surface area contributed by atoms with E-state index in [1.54, 1.807) is 0 Å². The molecule has 15 heavy (non-hydrogen) atoms. The SMILES string of the molecule is C=CC(=O)N1CCC(NC(C)(C)C)CC1. The molecule has 0 spiro atoms. The largest absolute Gasteiger partial charge is 0.339 e. The zero-order chi connectivity index (χ0) is 11.5. The second-order valence-electron chi connectivity index (χ2n) is 5.20. The van der Waals surface area contributed by atoms with Gasteiger partial charge in [0.15, 0.2) is 0 Å². The van der Waals surface area contributed by atoms with E-state index in [2.05, 4.69) is 32.7 Å². The van der Waals surface area contributed by atoms with Crippen molar-refractivity contribution in [1.29, 1.82) is 0 Å². The van der Waals surface area contributed by atoms with Crippen molar-refractivity contribution in [2.24, 2.45) is 0 Å². The summed E-state index contributed by atoms with van der Waals surface area (Å²) in [6.45, 7) is 11.7. The van der Waals surface area contributed by atoms with Crippen LogP contribution in [-0.4, -0.2) is 35.5 Å². The average Bonchev–Trinajstić information content (AvgIpc) is 2.15. The summed E-state index contributed by atoms with van der Waals surface area (Å²) in [5, 5.41) is 3.57. The molecule has 0 bridgehead atoms. The van der Waals surface area contributed by atoms with Crippen molar-refractivity contribution in [3.8, 4) is 0 Å². The molecule has 0 aromatic carbocycles. The number of likely N-dealkylation sites (tertiary alicyclic amines) is 1. The van der Waals surface area contributed by atoms with Gasteiger partial charge in [-0.3, -0.25) is 4.79 Å². The van der Waals surface area contributed by atoms with E-state index in [9.17, 15) is 4.79 Å². The van der Waals surface area contributed by atoms with Gasteiger partial charge in [0.2, 0.25) is 5.91 Å². The van der Waals surface area contributed by atoms with Crippen molar-refractivity contribution in [2.75, 3.05) is 13.1 Å². The number of rotatable bonds is 2. The van der Waals surface area contributed by atoms with E-state index >= 15 is 0 Å². The smallest absolute Gasteiger partial charge is 0.245 e. The lowest BCUT2D eigenvalue weighted by Crippen LogP contribution is -2.50. The zero-order valence-electron chi connectivity index (χ0n) is 10.0. The molecule has 1 aliphatic heterocycles. The normalized spacial score (nSPS) is 19.0. The van der Waals surface area contributed by atoms with Gasteiger partial charge in [-0.05, 0) is 39.7 Å². The molecular formula is C12H22N2O. The van der Waals surface area contributed by atoms with Crippen molar-refractivity contribution >= 4 is 5.91 Å². The molecule has 1 rings (SSSR count). The number of hydrogen-bond acceptors (Lipinski definition) is 2. The first kappa shape index (κ1) is 12.2. The Morgan fingerprint density at radius 3 is 2.33 bits per heavy atom. The molecule has 1 aliphatic rings. The molecule has 0 aromatic heterocycles. The van der Waals surface area contributed by atoms with Crippen LogP contribution in [0.4, 0.5) is 0 Å². The number of carbonyl (C=O) groups is 1. The molecule has 3 nitrogen and oxygen atoms in total. The Kier molecular flexibility index (Phi) is 3.91. The summed E-state index contributed by atoms with van der Waals surface area (Å²) in [4.78, 5) is 13.2. The first-order valence-corrected chi connectivity index (χ1v) is 5.61. The van der Waals surface area contributed by atoms with Crippen molar-refractivity contribution in [3.63, 3.8) is 0 Å². The fourth-order valence-corrected chi connectivity index (χ4v) is 1.99. The van der Waals surface area contributed by atoms with Crippen LogP contribution in [0.25, 0.3) is 0 Å². The predicted molar refractivity (Wildman–Crippen MR) is 62.7 cm³/mol. The van der Waals surface area contributed by atoms with Gasteiger partial charge in [0, 0.05) is 24.7 Å². The van der Waals surface area contributed by atoms with Gasteiger partial charge in [-0.15, -0.1) is 0 Å². The van der Waals surface area contributed by atoms with Crippen molar-refractivity contribution in [3.05, 3.63) is 12.7 Å². The summed E-state index contributed by atoms with van der Waals surface area (Å²) in [7, 11) is 0. The lowest BCUT2D eigenvalue weighted by Gasteiger charge is -2.35. The van der Waals surface area contributed by atoms with Crippen molar-refractivity contribution in [2.45, 2.75) is 45.2 Å². The van der Waals surface area contributed by atoms with E-state index in [4.69, 9.17) is 0 Å². The number of carbonyl (C=O) groups excluding carboxylic acids is 1. The fourth-order valence-electron chi connectivity index (χ4n) is 1.99. The van der Waals surface area contributed by atoms with Crippen LogP contribution in [0.1, 0.15) is 33.6 Å². The Balaban J connectivity index is 2.36. The van der Waals surface area contributed by atoms with Crippen LogP contribution in [0, 0.1) is 0 Å². The highest BCUT2D eigenvalue weighted by molar-refractivity contribution is 5.87. The highest BCUT2D eigenvalue weighted by Gasteiger charge is 2.24. The van der Waals surface area contributed by atoms with Gasteiger partial charge in [-0.2, -0.15) is 0 Å². The number of nitrogens with one attached hydrogen (secondary N) is 1. The predicted octanol–water partition coefficient (Wildman–Crippen LogP) is 1.55. The van der Waals surface area contributed by atoms with Gasteiger partial charge >= 0.3 is 0 Å². The van der Waals surface area contributed by atoms with Crippen LogP contribution in [0.2, 0.25) is 0 Å². The van der Waals surface area contributed by atoms with Crippen LogP contribution in [-0.2, 0) is 4.79 Å². The fraction of sp³-hybridized carbons (Fsp3) is 0.750. The Morgan fingerprint density at radius 2 is 1.93 bits per heavy atom. The second kappa shape index (κ2) is 4.79. The lowest BCUT2D eigenvalue weighted by atomic mass is 10.00. The third-order valence-corrected chi connectivity index (χ3v) is 2.62. The monoisotopic (exact) mass is 210 g/mol. The molecule has 1 N–H and O–H groups in total.